The van der Waals surface area contributed by atoms with Gasteiger partial charge in [0.05, 0.1) is 16.6 Å². The lowest BCUT2D eigenvalue weighted by molar-refractivity contribution is -0.122. The molecule has 0 radical (unpaired) electrons. The van der Waals surface area contributed by atoms with Gasteiger partial charge in [0.25, 0.3) is 0 Å². The Kier molecular flexibility index (Phi) is 5.02. The molecule has 6 heteroatoms. The van der Waals surface area contributed by atoms with Crippen LogP contribution >= 0.6 is 23.2 Å². The maximum absolute atomic E-state index is 12.6. The molecule has 0 saturated carbocycles. The van der Waals surface area contributed by atoms with E-state index in [9.17, 15) is 9.59 Å². The van der Waals surface area contributed by atoms with Crippen LogP contribution in [-0.4, -0.2) is 18.4 Å². The number of rotatable bonds is 3. The Bertz CT molecular complexity index is 851. The van der Waals surface area contributed by atoms with E-state index >= 15 is 0 Å². The van der Waals surface area contributed by atoms with E-state index in [0.29, 0.717) is 22.3 Å². The van der Waals surface area contributed by atoms with Crippen LogP contribution in [-0.2, 0) is 9.59 Å². The van der Waals surface area contributed by atoms with E-state index in [1.165, 1.54) is 0 Å². The number of amides is 2. The third kappa shape index (κ3) is 3.65. The van der Waals surface area contributed by atoms with Crippen LogP contribution in [0.2, 0.25) is 10.0 Å². The van der Waals surface area contributed by atoms with E-state index in [2.05, 4.69) is 5.32 Å². The van der Waals surface area contributed by atoms with Crippen molar-refractivity contribution < 1.29 is 9.59 Å². The van der Waals surface area contributed by atoms with Gasteiger partial charge in [0.2, 0.25) is 11.8 Å². The number of nitrogens with zero attached hydrogens (tertiary/aromatic N) is 1. The highest BCUT2D eigenvalue weighted by atomic mass is 35.5. The van der Waals surface area contributed by atoms with Crippen LogP contribution in [0.25, 0.3) is 0 Å². The number of nitrogens with one attached hydrogen (secondary N) is 1. The Morgan fingerprint density at radius 3 is 2.72 bits per heavy atom. The number of carbonyl (C=O) groups excluding carboxylic acids is 2. The molecule has 1 atom stereocenters. The lowest BCUT2D eigenvalue weighted by atomic mass is 10.1. The highest BCUT2D eigenvalue weighted by Gasteiger charge is 2.36. The fraction of sp³-hybridized carbons (Fsp3) is 0.263. The average molecular weight is 377 g/mol. The van der Waals surface area contributed by atoms with Crippen LogP contribution in [0.3, 0.4) is 0 Å². The Morgan fingerprint density at radius 2 is 1.96 bits per heavy atom. The minimum absolute atomic E-state index is 0.0500. The summed E-state index contributed by atoms with van der Waals surface area (Å²) in [5.41, 5.74) is 3.48. The van der Waals surface area contributed by atoms with Gasteiger partial charge in [-0.15, -0.1) is 0 Å². The molecular weight excluding hydrogens is 359 g/mol. The zero-order chi connectivity index (χ0) is 18.1. The zero-order valence-corrected chi connectivity index (χ0v) is 15.5. The standard InChI is InChI=1S/C19H18Cl2N2O2/c1-11-4-3-5-17(12(11)2)23-10-13(8-18(23)24)19(25)22-16-9-14(20)6-7-15(16)21/h3-7,9,13H,8,10H2,1-2H3,(H,22,25)/t13-/m1/s1. The maximum Gasteiger partial charge on any atom is 0.229 e. The number of anilines is 2. The van der Waals surface area contributed by atoms with E-state index in [4.69, 9.17) is 23.2 Å². The van der Waals surface area contributed by atoms with E-state index in [1.807, 2.05) is 32.0 Å². The van der Waals surface area contributed by atoms with Crippen molar-refractivity contribution in [1.29, 1.82) is 0 Å². The largest absolute Gasteiger partial charge is 0.324 e. The summed E-state index contributed by atoms with van der Waals surface area (Å²) in [6.45, 7) is 4.34. The molecule has 25 heavy (non-hydrogen) atoms. The number of hydrogen-bond donors (Lipinski definition) is 1. The first-order valence-corrected chi connectivity index (χ1v) is 8.75. The lowest BCUT2D eigenvalue weighted by Gasteiger charge is -2.20. The molecule has 2 aromatic carbocycles. The molecule has 0 bridgehead atoms. The highest BCUT2D eigenvalue weighted by molar-refractivity contribution is 6.35. The Labute approximate surface area is 156 Å². The first kappa shape index (κ1) is 17.8. The molecule has 1 aliphatic rings. The summed E-state index contributed by atoms with van der Waals surface area (Å²) in [4.78, 5) is 26.7. The quantitative estimate of drug-likeness (QED) is 0.850. The van der Waals surface area contributed by atoms with Crippen LogP contribution < -0.4 is 10.2 Å². The summed E-state index contributed by atoms with van der Waals surface area (Å²) in [5.74, 6) is -0.709. The molecule has 130 valence electrons. The molecular formula is C19H18Cl2N2O2. The molecule has 0 aliphatic carbocycles. The molecule has 0 aromatic heterocycles. The molecule has 1 aliphatic heterocycles. The van der Waals surface area contributed by atoms with Crippen LogP contribution in [0.4, 0.5) is 11.4 Å². The summed E-state index contributed by atoms with van der Waals surface area (Å²) in [6.07, 6.45) is 0.178. The van der Waals surface area contributed by atoms with Gasteiger partial charge in [-0.1, -0.05) is 35.3 Å². The van der Waals surface area contributed by atoms with Gasteiger partial charge in [0, 0.05) is 23.7 Å². The fourth-order valence-corrected chi connectivity index (χ4v) is 3.31. The average Bonchev–Trinajstić information content (AvgIpc) is 2.95. The van der Waals surface area contributed by atoms with E-state index < -0.39 is 5.92 Å². The second-order valence-electron chi connectivity index (χ2n) is 6.24. The minimum atomic E-state index is -0.428. The van der Waals surface area contributed by atoms with Gasteiger partial charge in [-0.3, -0.25) is 9.59 Å². The van der Waals surface area contributed by atoms with Crippen molar-refractivity contribution in [2.75, 3.05) is 16.8 Å². The fourth-order valence-electron chi connectivity index (χ4n) is 2.97. The second-order valence-corrected chi connectivity index (χ2v) is 7.08. The van der Waals surface area contributed by atoms with Crippen molar-refractivity contribution in [3.05, 3.63) is 57.6 Å². The molecule has 0 unspecified atom stereocenters. The molecule has 1 fully saturated rings. The summed E-state index contributed by atoms with van der Waals surface area (Å²) in [7, 11) is 0. The summed E-state index contributed by atoms with van der Waals surface area (Å²) in [6, 6.07) is 10.7. The normalized spacial score (nSPS) is 17.0. The molecule has 2 aromatic rings. The Morgan fingerprint density at radius 1 is 1.20 bits per heavy atom. The van der Waals surface area contributed by atoms with Crippen molar-refractivity contribution in [3.63, 3.8) is 0 Å². The Balaban J connectivity index is 1.77. The van der Waals surface area contributed by atoms with Crippen LogP contribution in [0.5, 0.6) is 0 Å². The van der Waals surface area contributed by atoms with Gasteiger partial charge < -0.3 is 10.2 Å². The molecule has 2 amide bonds. The lowest BCUT2D eigenvalue weighted by Crippen LogP contribution is -2.28. The molecule has 1 saturated heterocycles. The van der Waals surface area contributed by atoms with Crippen molar-refractivity contribution in [1.82, 2.24) is 0 Å². The molecule has 3 rings (SSSR count). The van der Waals surface area contributed by atoms with Crippen molar-refractivity contribution in [2.45, 2.75) is 20.3 Å². The van der Waals surface area contributed by atoms with Gasteiger partial charge in [-0.2, -0.15) is 0 Å². The SMILES string of the molecule is Cc1cccc(N2C[C@H](C(=O)Nc3cc(Cl)ccc3Cl)CC2=O)c1C. The second kappa shape index (κ2) is 7.06. The number of hydrogen-bond acceptors (Lipinski definition) is 2. The summed E-state index contributed by atoms with van der Waals surface area (Å²) in [5, 5.41) is 3.67. The number of benzene rings is 2. The third-order valence-electron chi connectivity index (χ3n) is 4.55. The van der Waals surface area contributed by atoms with E-state index in [-0.39, 0.29) is 18.2 Å². The predicted octanol–water partition coefficient (Wildman–Crippen LogP) is 4.60. The smallest absolute Gasteiger partial charge is 0.229 e. The van der Waals surface area contributed by atoms with Gasteiger partial charge in [-0.25, -0.2) is 0 Å². The predicted molar refractivity (Wildman–Crippen MR) is 101 cm³/mol. The van der Waals surface area contributed by atoms with Gasteiger partial charge in [0.1, 0.15) is 0 Å². The third-order valence-corrected chi connectivity index (χ3v) is 5.11. The van der Waals surface area contributed by atoms with Crippen molar-refractivity contribution >= 4 is 46.4 Å². The van der Waals surface area contributed by atoms with Crippen molar-refractivity contribution in [3.8, 4) is 0 Å². The molecule has 4 nitrogen and oxygen atoms in total. The number of aryl methyl sites for hydroxylation is 1. The summed E-state index contributed by atoms with van der Waals surface area (Å²) < 4.78 is 0. The summed E-state index contributed by atoms with van der Waals surface area (Å²) >= 11 is 12.0. The van der Waals surface area contributed by atoms with Crippen LogP contribution in [0.15, 0.2) is 36.4 Å². The van der Waals surface area contributed by atoms with E-state index in [0.717, 1.165) is 16.8 Å². The van der Waals surface area contributed by atoms with Crippen LogP contribution in [0, 0.1) is 19.8 Å². The van der Waals surface area contributed by atoms with Crippen molar-refractivity contribution in [2.24, 2.45) is 5.92 Å². The van der Waals surface area contributed by atoms with Gasteiger partial charge in [0.15, 0.2) is 0 Å². The number of halogens is 2. The highest BCUT2D eigenvalue weighted by Crippen LogP contribution is 2.31. The Hall–Kier alpha value is -2.04. The van der Waals surface area contributed by atoms with Crippen LogP contribution in [0.1, 0.15) is 17.5 Å². The molecule has 1 heterocycles. The number of carbonyl (C=O) groups is 2. The monoisotopic (exact) mass is 376 g/mol. The maximum atomic E-state index is 12.6. The molecule has 0 spiro atoms. The zero-order valence-electron chi connectivity index (χ0n) is 14.0. The first-order chi connectivity index (χ1) is 11.9. The molecule has 1 N–H and O–H groups in total. The first-order valence-electron chi connectivity index (χ1n) is 7.99. The van der Waals surface area contributed by atoms with Gasteiger partial charge in [-0.05, 0) is 49.2 Å². The van der Waals surface area contributed by atoms with E-state index in [1.54, 1.807) is 23.1 Å². The topological polar surface area (TPSA) is 49.4 Å². The van der Waals surface area contributed by atoms with Gasteiger partial charge >= 0.3 is 0 Å². The minimum Gasteiger partial charge on any atom is -0.324 e.